The summed E-state index contributed by atoms with van der Waals surface area (Å²) in [6.07, 6.45) is 3.30. The van der Waals surface area contributed by atoms with Crippen molar-refractivity contribution in [2.45, 2.75) is 48.4 Å². The second-order valence-corrected chi connectivity index (χ2v) is 11.8. The summed E-state index contributed by atoms with van der Waals surface area (Å²) in [6.45, 7) is 0. The standard InChI is InChI=1S/C27H27Cl2NO7S/c1-35-24-12-10-21(15-25(24)37-18-6-2-3-7-18)38(33,34)26(16-27(31)30-32)17-5-4-8-19(13-17)36-20-9-11-22(28)23(29)14-20/h4-5,8-15,18,26,32H,2-3,6-7,16H2,1H3,(H,30,31). The van der Waals surface area contributed by atoms with Gasteiger partial charge in [-0.1, -0.05) is 35.3 Å². The van der Waals surface area contributed by atoms with Crippen LogP contribution in [0.25, 0.3) is 0 Å². The van der Waals surface area contributed by atoms with Gasteiger partial charge in [0.15, 0.2) is 21.3 Å². The fraction of sp³-hybridized carbons (Fsp3) is 0.296. The maximum Gasteiger partial charge on any atom is 0.244 e. The third-order valence-electron chi connectivity index (χ3n) is 6.29. The molecule has 2 N–H and O–H groups in total. The predicted octanol–water partition coefficient (Wildman–Crippen LogP) is 6.53. The molecule has 8 nitrogen and oxygen atoms in total. The van der Waals surface area contributed by atoms with Crippen molar-refractivity contribution in [1.29, 1.82) is 0 Å². The molecule has 1 aliphatic carbocycles. The lowest BCUT2D eigenvalue weighted by Crippen LogP contribution is -2.25. The number of hydrogen-bond acceptors (Lipinski definition) is 7. The average Bonchev–Trinajstić information content (AvgIpc) is 3.42. The summed E-state index contributed by atoms with van der Waals surface area (Å²) in [5.74, 6) is 0.601. The van der Waals surface area contributed by atoms with Crippen molar-refractivity contribution in [2.75, 3.05) is 7.11 Å². The lowest BCUT2D eigenvalue weighted by Gasteiger charge is -2.20. The normalized spacial score (nSPS) is 14.6. The molecule has 1 aliphatic rings. The number of hydrogen-bond donors (Lipinski definition) is 2. The summed E-state index contributed by atoms with van der Waals surface area (Å²) >= 11 is 12.0. The highest BCUT2D eigenvalue weighted by molar-refractivity contribution is 7.91. The molecule has 0 aliphatic heterocycles. The van der Waals surface area contributed by atoms with Crippen LogP contribution < -0.4 is 19.7 Å². The van der Waals surface area contributed by atoms with Gasteiger partial charge in [-0.3, -0.25) is 10.0 Å². The van der Waals surface area contributed by atoms with Crippen molar-refractivity contribution >= 4 is 38.9 Å². The van der Waals surface area contributed by atoms with Crippen LogP contribution in [0.1, 0.15) is 42.9 Å². The summed E-state index contributed by atoms with van der Waals surface area (Å²) < 4.78 is 45.1. The van der Waals surface area contributed by atoms with E-state index in [2.05, 4.69) is 0 Å². The van der Waals surface area contributed by atoms with Crippen LogP contribution in [0.15, 0.2) is 65.6 Å². The van der Waals surface area contributed by atoms with Gasteiger partial charge in [0, 0.05) is 18.6 Å². The number of nitrogens with one attached hydrogen (secondary N) is 1. The minimum absolute atomic E-state index is 0.0204. The number of amides is 1. The van der Waals surface area contributed by atoms with Gasteiger partial charge in [0.05, 0.1) is 33.4 Å². The molecular formula is C27H27Cl2NO7S. The van der Waals surface area contributed by atoms with Crippen molar-refractivity contribution in [2.24, 2.45) is 0 Å². The molecular weight excluding hydrogens is 553 g/mol. The molecule has 3 aromatic carbocycles. The fourth-order valence-corrected chi connectivity index (χ4v) is 6.37. The van der Waals surface area contributed by atoms with Gasteiger partial charge in [0.1, 0.15) is 11.5 Å². The highest BCUT2D eigenvalue weighted by Gasteiger charge is 2.33. The maximum absolute atomic E-state index is 13.9. The number of ether oxygens (including phenoxy) is 3. The SMILES string of the molecule is COc1ccc(S(=O)(=O)C(CC(=O)NO)c2cccc(Oc3ccc(Cl)c(Cl)c3)c2)cc1OC1CCCC1. The van der Waals surface area contributed by atoms with Gasteiger partial charge in [-0.25, -0.2) is 13.9 Å². The molecule has 0 bridgehead atoms. The molecule has 1 fully saturated rings. The molecule has 1 atom stereocenters. The van der Waals surface area contributed by atoms with Crippen molar-refractivity contribution in [3.05, 3.63) is 76.3 Å². The molecule has 1 unspecified atom stereocenters. The molecule has 1 amide bonds. The average molecular weight is 580 g/mol. The van der Waals surface area contributed by atoms with E-state index in [1.807, 2.05) is 0 Å². The third kappa shape index (κ3) is 6.53. The molecule has 0 saturated heterocycles. The molecule has 4 rings (SSSR count). The van der Waals surface area contributed by atoms with Crippen molar-refractivity contribution in [3.63, 3.8) is 0 Å². The molecule has 3 aromatic rings. The number of methoxy groups -OCH3 is 1. The lowest BCUT2D eigenvalue weighted by molar-refractivity contribution is -0.129. The summed E-state index contributed by atoms with van der Waals surface area (Å²) in [6, 6.07) is 15.5. The smallest absolute Gasteiger partial charge is 0.244 e. The van der Waals surface area contributed by atoms with Crippen LogP contribution >= 0.6 is 23.2 Å². The van der Waals surface area contributed by atoms with Crippen LogP contribution in [0, 0.1) is 0 Å². The van der Waals surface area contributed by atoms with Crippen LogP contribution in [-0.4, -0.2) is 32.7 Å². The van der Waals surface area contributed by atoms with Gasteiger partial charge in [0.25, 0.3) is 0 Å². The Morgan fingerprint density at radius 2 is 1.74 bits per heavy atom. The van der Waals surface area contributed by atoms with E-state index < -0.39 is 27.4 Å². The Labute approximate surface area is 231 Å². The summed E-state index contributed by atoms with van der Waals surface area (Å²) in [7, 11) is -2.66. The second-order valence-electron chi connectivity index (χ2n) is 8.86. The number of carbonyl (C=O) groups excluding carboxylic acids is 1. The van der Waals surface area contributed by atoms with Crippen LogP contribution in [0.3, 0.4) is 0 Å². The lowest BCUT2D eigenvalue weighted by atomic mass is 10.1. The van der Waals surface area contributed by atoms with E-state index in [1.54, 1.807) is 30.3 Å². The van der Waals surface area contributed by atoms with Gasteiger partial charge in [-0.15, -0.1) is 0 Å². The number of sulfone groups is 1. The van der Waals surface area contributed by atoms with E-state index in [-0.39, 0.29) is 11.0 Å². The molecule has 11 heteroatoms. The summed E-state index contributed by atoms with van der Waals surface area (Å²) in [5.41, 5.74) is 1.82. The molecule has 202 valence electrons. The number of benzene rings is 3. The van der Waals surface area contributed by atoms with E-state index in [1.165, 1.54) is 42.9 Å². The Hall–Kier alpha value is -2.98. The van der Waals surface area contributed by atoms with Gasteiger partial charge >= 0.3 is 0 Å². The number of hydroxylamine groups is 1. The highest BCUT2D eigenvalue weighted by Crippen LogP contribution is 2.39. The van der Waals surface area contributed by atoms with Crippen LogP contribution in [0.4, 0.5) is 0 Å². The minimum atomic E-state index is -4.14. The first-order valence-corrected chi connectivity index (χ1v) is 14.3. The predicted molar refractivity (Wildman–Crippen MR) is 143 cm³/mol. The maximum atomic E-state index is 13.9. The minimum Gasteiger partial charge on any atom is -0.493 e. The van der Waals surface area contributed by atoms with E-state index in [4.69, 9.17) is 42.6 Å². The van der Waals surface area contributed by atoms with Gasteiger partial charge in [-0.2, -0.15) is 0 Å². The topological polar surface area (TPSA) is 111 Å². The van der Waals surface area contributed by atoms with E-state index >= 15 is 0 Å². The number of rotatable bonds is 10. The first-order chi connectivity index (χ1) is 18.2. The van der Waals surface area contributed by atoms with E-state index in [0.29, 0.717) is 38.6 Å². The zero-order valence-electron chi connectivity index (χ0n) is 20.5. The summed E-state index contributed by atoms with van der Waals surface area (Å²) in [5, 5.41) is 8.49. The Bertz CT molecular complexity index is 1410. The Morgan fingerprint density at radius 3 is 2.42 bits per heavy atom. The Kier molecular flexibility index (Phi) is 9.04. The monoisotopic (exact) mass is 579 g/mol. The number of halogens is 2. The Balaban J connectivity index is 1.69. The zero-order valence-corrected chi connectivity index (χ0v) is 22.9. The van der Waals surface area contributed by atoms with E-state index in [9.17, 15) is 13.2 Å². The molecule has 0 radical (unpaired) electrons. The zero-order chi connectivity index (χ0) is 27.3. The van der Waals surface area contributed by atoms with Crippen LogP contribution in [0.5, 0.6) is 23.0 Å². The first-order valence-electron chi connectivity index (χ1n) is 12.0. The number of carbonyl (C=O) groups is 1. The van der Waals surface area contributed by atoms with Crippen molar-refractivity contribution < 1.29 is 32.6 Å². The van der Waals surface area contributed by atoms with Crippen molar-refractivity contribution in [1.82, 2.24) is 5.48 Å². The quantitative estimate of drug-likeness (QED) is 0.207. The first kappa shape index (κ1) is 28.0. The van der Waals surface area contributed by atoms with Crippen LogP contribution in [0.2, 0.25) is 10.0 Å². The molecule has 1 saturated carbocycles. The molecule has 0 spiro atoms. The highest BCUT2D eigenvalue weighted by atomic mass is 35.5. The van der Waals surface area contributed by atoms with Gasteiger partial charge < -0.3 is 14.2 Å². The molecule has 0 aromatic heterocycles. The van der Waals surface area contributed by atoms with Gasteiger partial charge in [-0.05, 0) is 67.6 Å². The van der Waals surface area contributed by atoms with Gasteiger partial charge in [0.2, 0.25) is 5.91 Å². The summed E-state index contributed by atoms with van der Waals surface area (Å²) in [4.78, 5) is 12.1. The molecule has 0 heterocycles. The Morgan fingerprint density at radius 1 is 1.00 bits per heavy atom. The molecule has 38 heavy (non-hydrogen) atoms. The fourth-order valence-electron chi connectivity index (χ4n) is 4.35. The largest absolute Gasteiger partial charge is 0.493 e. The third-order valence-corrected chi connectivity index (χ3v) is 9.12. The second kappa shape index (κ2) is 12.3. The van der Waals surface area contributed by atoms with E-state index in [0.717, 1.165) is 25.7 Å². The van der Waals surface area contributed by atoms with Crippen LogP contribution in [-0.2, 0) is 14.6 Å². The van der Waals surface area contributed by atoms with Crippen molar-refractivity contribution in [3.8, 4) is 23.0 Å².